The van der Waals surface area contributed by atoms with E-state index in [1.807, 2.05) is 0 Å². The van der Waals surface area contributed by atoms with Crippen LogP contribution in [0.3, 0.4) is 0 Å². The van der Waals surface area contributed by atoms with E-state index < -0.39 is 9.84 Å². The Morgan fingerprint density at radius 1 is 1.19 bits per heavy atom. The molecule has 3 rings (SSSR count). The Morgan fingerprint density at radius 2 is 1.93 bits per heavy atom. The maximum Gasteiger partial charge on any atom is 0.193 e. The van der Waals surface area contributed by atoms with Crippen LogP contribution in [-0.4, -0.2) is 57.0 Å². The molecule has 3 aliphatic rings. The Labute approximate surface area is 183 Å². The highest BCUT2D eigenvalue weighted by Gasteiger charge is 2.34. The lowest BCUT2D eigenvalue weighted by Gasteiger charge is -2.28. The van der Waals surface area contributed by atoms with Gasteiger partial charge in [0, 0.05) is 26.2 Å². The molecule has 0 amide bonds. The van der Waals surface area contributed by atoms with Crippen LogP contribution in [-0.2, 0) is 9.84 Å². The third kappa shape index (κ3) is 6.75. The van der Waals surface area contributed by atoms with Crippen LogP contribution >= 0.6 is 24.0 Å². The van der Waals surface area contributed by atoms with E-state index in [1.165, 1.54) is 44.9 Å². The van der Waals surface area contributed by atoms with Crippen molar-refractivity contribution < 1.29 is 8.42 Å². The quantitative estimate of drug-likeness (QED) is 0.348. The number of halogens is 1. The zero-order valence-corrected chi connectivity index (χ0v) is 20.2. The van der Waals surface area contributed by atoms with Crippen LogP contribution in [0.1, 0.15) is 65.2 Å². The number of hydrogen-bond acceptors (Lipinski definition) is 3. The third-order valence-corrected chi connectivity index (χ3v) is 8.65. The van der Waals surface area contributed by atoms with Crippen LogP contribution in [0.15, 0.2) is 4.99 Å². The molecular weight excluding hydrogens is 473 g/mol. The first-order chi connectivity index (χ1) is 12.4. The van der Waals surface area contributed by atoms with Gasteiger partial charge in [-0.3, -0.25) is 4.99 Å². The molecule has 0 radical (unpaired) electrons. The van der Waals surface area contributed by atoms with Crippen LogP contribution in [0.4, 0.5) is 0 Å². The second-order valence-corrected chi connectivity index (χ2v) is 11.4. The molecule has 0 spiro atoms. The monoisotopic (exact) mass is 511 g/mol. The largest absolute Gasteiger partial charge is 0.356 e. The molecule has 158 valence electrons. The zero-order chi connectivity index (χ0) is 18.6. The van der Waals surface area contributed by atoms with Gasteiger partial charge in [0.05, 0.1) is 11.5 Å². The maximum atomic E-state index is 11.7. The molecule has 27 heavy (non-hydrogen) atoms. The summed E-state index contributed by atoms with van der Waals surface area (Å²) in [5.41, 5.74) is 0.379. The van der Waals surface area contributed by atoms with Crippen molar-refractivity contribution in [1.29, 1.82) is 0 Å². The fraction of sp³-hybridized carbons (Fsp3) is 0.950. The topological polar surface area (TPSA) is 61.8 Å². The van der Waals surface area contributed by atoms with Crippen molar-refractivity contribution in [2.24, 2.45) is 22.2 Å². The first-order valence-electron chi connectivity index (χ1n) is 10.6. The van der Waals surface area contributed by atoms with Crippen LogP contribution in [0, 0.1) is 17.3 Å². The standard InChI is InChI=1S/C20H37N3O2S.HI/c1-3-20(2)10-11-23(16-20)19(21-13-17-7-5-4-6-8-17)22-14-18-9-12-26(24,25)15-18;/h17-18H,3-16H2,1-2H3,(H,21,22);1H. The highest BCUT2D eigenvalue weighted by molar-refractivity contribution is 14.0. The molecule has 0 bridgehead atoms. The van der Waals surface area contributed by atoms with E-state index in [-0.39, 0.29) is 29.9 Å². The molecule has 1 saturated carbocycles. The summed E-state index contributed by atoms with van der Waals surface area (Å²) in [4.78, 5) is 7.32. The number of sulfone groups is 1. The van der Waals surface area contributed by atoms with E-state index in [9.17, 15) is 8.42 Å². The number of rotatable bonds is 5. The Kier molecular flexibility index (Phi) is 8.71. The smallest absolute Gasteiger partial charge is 0.193 e. The number of likely N-dealkylation sites (tertiary alicyclic amines) is 1. The van der Waals surface area contributed by atoms with E-state index in [1.54, 1.807) is 0 Å². The van der Waals surface area contributed by atoms with Gasteiger partial charge in [0.1, 0.15) is 0 Å². The minimum atomic E-state index is -2.82. The Morgan fingerprint density at radius 3 is 2.52 bits per heavy atom. The van der Waals surface area contributed by atoms with Crippen LogP contribution in [0.2, 0.25) is 0 Å². The SMILES string of the molecule is CCC1(C)CCN(C(=NCC2CCS(=O)(=O)C2)NCC2CCCCC2)C1.I. The minimum Gasteiger partial charge on any atom is -0.356 e. The molecule has 7 heteroatoms. The van der Waals surface area contributed by atoms with Gasteiger partial charge >= 0.3 is 0 Å². The van der Waals surface area contributed by atoms with Gasteiger partial charge in [-0.25, -0.2) is 8.42 Å². The Balaban J connectivity index is 0.00000261. The predicted octanol–water partition coefficient (Wildman–Crippen LogP) is 3.69. The van der Waals surface area contributed by atoms with Gasteiger partial charge in [-0.1, -0.05) is 33.1 Å². The molecule has 2 heterocycles. The van der Waals surface area contributed by atoms with E-state index in [2.05, 4.69) is 24.1 Å². The lowest BCUT2D eigenvalue weighted by Crippen LogP contribution is -2.43. The van der Waals surface area contributed by atoms with Gasteiger partial charge in [-0.05, 0) is 49.4 Å². The maximum absolute atomic E-state index is 11.7. The van der Waals surface area contributed by atoms with Gasteiger partial charge in [-0.2, -0.15) is 0 Å². The first-order valence-corrected chi connectivity index (χ1v) is 12.4. The number of hydrogen-bond donors (Lipinski definition) is 1. The summed E-state index contributed by atoms with van der Waals surface area (Å²) in [6, 6.07) is 0. The van der Waals surface area contributed by atoms with Gasteiger partial charge in [0.2, 0.25) is 0 Å². The second-order valence-electron chi connectivity index (χ2n) is 9.15. The Hall–Kier alpha value is -0.0500. The van der Waals surface area contributed by atoms with Crippen molar-refractivity contribution >= 4 is 39.8 Å². The van der Waals surface area contributed by atoms with Gasteiger partial charge in [0.25, 0.3) is 0 Å². The number of guanidine groups is 1. The average molecular weight is 512 g/mol. The first kappa shape index (κ1) is 23.2. The van der Waals surface area contributed by atoms with Crippen molar-refractivity contribution in [2.75, 3.05) is 37.7 Å². The van der Waals surface area contributed by atoms with Crippen molar-refractivity contribution in [2.45, 2.75) is 65.2 Å². The molecule has 2 atom stereocenters. The van der Waals surface area contributed by atoms with Crippen molar-refractivity contribution in [1.82, 2.24) is 10.2 Å². The van der Waals surface area contributed by atoms with Gasteiger partial charge < -0.3 is 10.2 Å². The van der Waals surface area contributed by atoms with E-state index in [0.29, 0.717) is 23.5 Å². The summed E-state index contributed by atoms with van der Waals surface area (Å²) in [5.74, 6) is 2.65. The summed E-state index contributed by atoms with van der Waals surface area (Å²) in [6.45, 7) is 8.42. The molecule has 2 aliphatic heterocycles. The molecule has 2 saturated heterocycles. The fourth-order valence-corrected chi connectivity index (χ4v) is 6.47. The molecular formula is C20H38IN3O2S. The predicted molar refractivity (Wildman–Crippen MR) is 124 cm³/mol. The molecule has 2 unspecified atom stereocenters. The van der Waals surface area contributed by atoms with Crippen molar-refractivity contribution in [3.8, 4) is 0 Å². The average Bonchev–Trinajstić information content (AvgIpc) is 3.19. The van der Waals surface area contributed by atoms with Crippen LogP contribution in [0.5, 0.6) is 0 Å². The highest BCUT2D eigenvalue weighted by Crippen LogP contribution is 2.33. The van der Waals surface area contributed by atoms with E-state index >= 15 is 0 Å². The zero-order valence-electron chi connectivity index (χ0n) is 17.1. The lowest BCUT2D eigenvalue weighted by molar-refractivity contribution is 0.317. The van der Waals surface area contributed by atoms with Crippen LogP contribution < -0.4 is 5.32 Å². The van der Waals surface area contributed by atoms with Gasteiger partial charge in [-0.15, -0.1) is 24.0 Å². The van der Waals surface area contributed by atoms with Crippen molar-refractivity contribution in [3.63, 3.8) is 0 Å². The summed E-state index contributed by atoms with van der Waals surface area (Å²) in [6.07, 6.45) is 9.93. The fourth-order valence-electron chi connectivity index (χ4n) is 4.62. The molecule has 3 fully saturated rings. The van der Waals surface area contributed by atoms with Crippen molar-refractivity contribution in [3.05, 3.63) is 0 Å². The second kappa shape index (κ2) is 10.1. The minimum absolute atomic E-state index is 0. The molecule has 5 nitrogen and oxygen atoms in total. The van der Waals surface area contributed by atoms with E-state index in [4.69, 9.17) is 4.99 Å². The molecule has 0 aromatic rings. The summed E-state index contributed by atoms with van der Waals surface area (Å²) in [7, 11) is -2.82. The molecule has 1 aliphatic carbocycles. The third-order valence-electron chi connectivity index (χ3n) is 6.81. The highest BCUT2D eigenvalue weighted by atomic mass is 127. The number of aliphatic imine (C=N–C) groups is 1. The Bertz CT molecular complexity index is 604. The summed E-state index contributed by atoms with van der Waals surface area (Å²) < 4.78 is 23.4. The molecule has 1 N–H and O–H groups in total. The number of nitrogens with one attached hydrogen (secondary N) is 1. The summed E-state index contributed by atoms with van der Waals surface area (Å²) in [5, 5.41) is 3.66. The molecule has 0 aromatic heterocycles. The molecule has 0 aromatic carbocycles. The normalized spacial score (nSPS) is 31.7. The number of nitrogens with zero attached hydrogens (tertiary/aromatic N) is 2. The summed E-state index contributed by atoms with van der Waals surface area (Å²) >= 11 is 0. The van der Waals surface area contributed by atoms with Crippen LogP contribution in [0.25, 0.3) is 0 Å². The lowest BCUT2D eigenvalue weighted by atomic mass is 9.87. The van der Waals surface area contributed by atoms with E-state index in [0.717, 1.165) is 37.9 Å². The van der Waals surface area contributed by atoms with Gasteiger partial charge in [0.15, 0.2) is 15.8 Å².